The molecule has 82 valence electrons. The standard InChI is InChI=1S/C10H14N2O3/c1-12-6-4-9(13,14)10(12,15)8-3-2-5-11-7-8/h2-3,5,7,13-15H,4,6H2,1H3/t10-/m0/s1. The molecule has 5 nitrogen and oxygen atoms in total. The van der Waals surface area contributed by atoms with Gasteiger partial charge in [-0.05, 0) is 13.1 Å². The predicted molar refractivity (Wildman–Crippen MR) is 52.5 cm³/mol. The fraction of sp³-hybridized carbons (Fsp3) is 0.500. The van der Waals surface area contributed by atoms with Crippen LogP contribution in [0.4, 0.5) is 0 Å². The summed E-state index contributed by atoms with van der Waals surface area (Å²) in [7, 11) is 1.64. The van der Waals surface area contributed by atoms with Crippen molar-refractivity contribution in [2.75, 3.05) is 13.6 Å². The Kier molecular flexibility index (Phi) is 2.27. The summed E-state index contributed by atoms with van der Waals surface area (Å²) >= 11 is 0. The van der Waals surface area contributed by atoms with E-state index in [1.165, 1.54) is 11.1 Å². The summed E-state index contributed by atoms with van der Waals surface area (Å²) in [6, 6.07) is 3.27. The summed E-state index contributed by atoms with van der Waals surface area (Å²) in [4.78, 5) is 5.37. The van der Waals surface area contributed by atoms with Gasteiger partial charge in [0.2, 0.25) is 11.5 Å². The van der Waals surface area contributed by atoms with Crippen molar-refractivity contribution >= 4 is 0 Å². The second kappa shape index (κ2) is 3.24. The quantitative estimate of drug-likeness (QED) is 0.531. The van der Waals surface area contributed by atoms with Gasteiger partial charge in [-0.1, -0.05) is 6.07 Å². The molecule has 1 aromatic rings. The molecule has 0 radical (unpaired) electrons. The highest BCUT2D eigenvalue weighted by molar-refractivity contribution is 5.22. The highest BCUT2D eigenvalue weighted by Crippen LogP contribution is 2.41. The molecule has 1 saturated heterocycles. The van der Waals surface area contributed by atoms with Gasteiger partial charge in [-0.15, -0.1) is 0 Å². The van der Waals surface area contributed by atoms with Crippen LogP contribution in [0.25, 0.3) is 0 Å². The van der Waals surface area contributed by atoms with Crippen LogP contribution in [0.1, 0.15) is 12.0 Å². The van der Waals surface area contributed by atoms with Crippen molar-refractivity contribution in [3.05, 3.63) is 30.1 Å². The van der Waals surface area contributed by atoms with E-state index in [4.69, 9.17) is 0 Å². The van der Waals surface area contributed by atoms with Gasteiger partial charge in [0.15, 0.2) is 0 Å². The third kappa shape index (κ3) is 1.36. The lowest BCUT2D eigenvalue weighted by Crippen LogP contribution is -2.54. The number of rotatable bonds is 1. The minimum absolute atomic E-state index is 0.106. The first-order valence-electron chi connectivity index (χ1n) is 4.77. The molecule has 0 amide bonds. The van der Waals surface area contributed by atoms with Crippen molar-refractivity contribution in [3.8, 4) is 0 Å². The summed E-state index contributed by atoms with van der Waals surface area (Å²) in [6.07, 6.45) is 3.11. The van der Waals surface area contributed by atoms with Crippen LogP contribution in [-0.4, -0.2) is 44.6 Å². The SMILES string of the molecule is CN1CCC(O)(O)[C@@]1(O)c1cccnc1. The van der Waals surface area contributed by atoms with Crippen molar-refractivity contribution in [2.45, 2.75) is 17.9 Å². The fourth-order valence-corrected chi connectivity index (χ4v) is 1.99. The number of nitrogens with zero attached hydrogens (tertiary/aromatic N) is 2. The van der Waals surface area contributed by atoms with Crippen LogP contribution in [0.15, 0.2) is 24.5 Å². The van der Waals surface area contributed by atoms with Gasteiger partial charge in [-0.3, -0.25) is 9.88 Å². The number of likely N-dealkylation sites (tertiary alicyclic amines) is 1. The van der Waals surface area contributed by atoms with E-state index >= 15 is 0 Å². The molecule has 3 N–H and O–H groups in total. The van der Waals surface area contributed by atoms with Crippen LogP contribution in [0, 0.1) is 0 Å². The van der Waals surface area contributed by atoms with Crippen LogP contribution >= 0.6 is 0 Å². The Labute approximate surface area is 87.6 Å². The van der Waals surface area contributed by atoms with Crippen molar-refractivity contribution in [1.29, 1.82) is 0 Å². The molecule has 0 aromatic carbocycles. The average Bonchev–Trinajstić information content (AvgIpc) is 2.44. The number of aliphatic hydroxyl groups is 3. The van der Waals surface area contributed by atoms with Gasteiger partial charge < -0.3 is 15.3 Å². The number of hydrogen-bond donors (Lipinski definition) is 3. The first kappa shape index (κ1) is 10.5. The maximum absolute atomic E-state index is 10.3. The van der Waals surface area contributed by atoms with Gasteiger partial charge in [0.25, 0.3) is 0 Å². The van der Waals surface area contributed by atoms with Crippen LogP contribution < -0.4 is 0 Å². The van der Waals surface area contributed by atoms with E-state index in [0.29, 0.717) is 12.1 Å². The lowest BCUT2D eigenvalue weighted by Gasteiger charge is -2.37. The minimum atomic E-state index is -2.13. The zero-order valence-electron chi connectivity index (χ0n) is 8.46. The van der Waals surface area contributed by atoms with Gasteiger partial charge in [-0.2, -0.15) is 0 Å². The topological polar surface area (TPSA) is 76.8 Å². The van der Waals surface area contributed by atoms with E-state index < -0.39 is 11.5 Å². The van der Waals surface area contributed by atoms with E-state index in [2.05, 4.69) is 4.98 Å². The average molecular weight is 210 g/mol. The lowest BCUT2D eigenvalue weighted by molar-refractivity contribution is -0.297. The van der Waals surface area contributed by atoms with E-state index in [9.17, 15) is 15.3 Å². The monoisotopic (exact) mass is 210 g/mol. The van der Waals surface area contributed by atoms with Crippen LogP contribution in [0.3, 0.4) is 0 Å². The molecule has 0 spiro atoms. The molecule has 1 atom stereocenters. The highest BCUT2D eigenvalue weighted by atomic mass is 16.5. The molecular weight excluding hydrogens is 196 g/mol. The van der Waals surface area contributed by atoms with Crippen LogP contribution in [0.5, 0.6) is 0 Å². The van der Waals surface area contributed by atoms with E-state index in [1.54, 1.807) is 25.4 Å². The molecule has 1 fully saturated rings. The van der Waals surface area contributed by atoms with Crippen molar-refractivity contribution in [3.63, 3.8) is 0 Å². The smallest absolute Gasteiger partial charge is 0.212 e. The van der Waals surface area contributed by atoms with Gasteiger partial charge in [0.1, 0.15) is 0 Å². The third-order valence-electron chi connectivity index (χ3n) is 2.97. The molecule has 0 aliphatic carbocycles. The predicted octanol–water partition coefficient (Wildman–Crippen LogP) is -0.757. The summed E-state index contributed by atoms with van der Waals surface area (Å²) < 4.78 is 0. The Morgan fingerprint density at radius 2 is 2.13 bits per heavy atom. The van der Waals surface area contributed by atoms with Crippen LogP contribution in [0.2, 0.25) is 0 Å². The molecular formula is C10H14N2O3. The summed E-state index contributed by atoms with van der Waals surface area (Å²) in [5.74, 6) is -2.13. The molecule has 0 unspecified atom stereocenters. The van der Waals surface area contributed by atoms with Gasteiger partial charge >= 0.3 is 0 Å². The summed E-state index contributed by atoms with van der Waals surface area (Å²) in [5, 5.41) is 29.9. The second-order valence-corrected chi connectivity index (χ2v) is 3.90. The number of likely N-dealkylation sites (N-methyl/N-ethyl adjacent to an activating group) is 1. The van der Waals surface area contributed by atoms with E-state index in [0.717, 1.165) is 0 Å². The Hall–Kier alpha value is -1.01. The van der Waals surface area contributed by atoms with Crippen molar-refractivity contribution < 1.29 is 15.3 Å². The zero-order valence-corrected chi connectivity index (χ0v) is 8.46. The Morgan fingerprint density at radius 1 is 1.40 bits per heavy atom. The molecule has 1 aliphatic heterocycles. The minimum Gasteiger partial charge on any atom is -0.367 e. The van der Waals surface area contributed by atoms with Gasteiger partial charge in [0, 0.05) is 30.9 Å². The number of aromatic nitrogens is 1. The third-order valence-corrected chi connectivity index (χ3v) is 2.97. The second-order valence-electron chi connectivity index (χ2n) is 3.90. The fourth-order valence-electron chi connectivity index (χ4n) is 1.99. The molecule has 0 bridgehead atoms. The maximum atomic E-state index is 10.3. The summed E-state index contributed by atoms with van der Waals surface area (Å²) in [6.45, 7) is 0.415. The summed E-state index contributed by atoms with van der Waals surface area (Å²) in [5.41, 5.74) is -1.39. The Morgan fingerprint density at radius 3 is 2.60 bits per heavy atom. The maximum Gasteiger partial charge on any atom is 0.212 e. The Bertz CT molecular complexity index is 355. The number of pyridine rings is 1. The molecule has 0 saturated carbocycles. The molecule has 1 aromatic heterocycles. The normalized spacial score (nSPS) is 30.7. The molecule has 2 heterocycles. The lowest BCUT2D eigenvalue weighted by atomic mass is 9.96. The zero-order chi connectivity index (χ0) is 11.1. The number of hydrogen-bond acceptors (Lipinski definition) is 5. The van der Waals surface area contributed by atoms with Crippen molar-refractivity contribution in [1.82, 2.24) is 9.88 Å². The molecule has 1 aliphatic rings. The largest absolute Gasteiger partial charge is 0.367 e. The van der Waals surface area contributed by atoms with Crippen LogP contribution in [-0.2, 0) is 5.72 Å². The van der Waals surface area contributed by atoms with Gasteiger partial charge in [0.05, 0.1) is 0 Å². The molecule has 5 heteroatoms. The van der Waals surface area contributed by atoms with E-state index in [1.807, 2.05) is 0 Å². The van der Waals surface area contributed by atoms with Crippen molar-refractivity contribution in [2.24, 2.45) is 0 Å². The first-order chi connectivity index (χ1) is 6.98. The highest BCUT2D eigenvalue weighted by Gasteiger charge is 2.57. The molecule has 15 heavy (non-hydrogen) atoms. The van der Waals surface area contributed by atoms with E-state index in [-0.39, 0.29) is 6.42 Å². The Balaban J connectivity index is 2.49. The molecule has 2 rings (SSSR count). The van der Waals surface area contributed by atoms with Gasteiger partial charge in [-0.25, -0.2) is 0 Å². The first-order valence-corrected chi connectivity index (χ1v) is 4.77.